The fourth-order valence-corrected chi connectivity index (χ4v) is 3.65. The Morgan fingerprint density at radius 1 is 1.03 bits per heavy atom. The molecule has 0 aliphatic heterocycles. The first-order chi connectivity index (χ1) is 15.8. The number of aromatic nitrogens is 1. The number of rotatable bonds is 6. The summed E-state index contributed by atoms with van der Waals surface area (Å²) in [5, 5.41) is 6.82. The zero-order valence-electron chi connectivity index (χ0n) is 18.9. The van der Waals surface area contributed by atoms with Crippen molar-refractivity contribution in [2.24, 2.45) is 0 Å². The van der Waals surface area contributed by atoms with Crippen LogP contribution in [0.1, 0.15) is 37.6 Å². The van der Waals surface area contributed by atoms with Crippen LogP contribution < -0.4 is 15.4 Å². The number of hydrogen-bond acceptors (Lipinski definition) is 5. The Labute approximate surface area is 204 Å². The zero-order valence-corrected chi connectivity index (χ0v) is 20.5. The molecule has 0 fully saturated rings. The largest absolute Gasteiger partial charge is 0.457 e. The van der Waals surface area contributed by atoms with Crippen molar-refractivity contribution >= 4 is 39.6 Å². The molecule has 10 heteroatoms. The molecule has 5 nitrogen and oxygen atoms in total. The molecule has 34 heavy (non-hydrogen) atoms. The third-order valence-corrected chi connectivity index (χ3v) is 5.92. The van der Waals surface area contributed by atoms with Gasteiger partial charge in [-0.1, -0.05) is 23.7 Å². The Balaban J connectivity index is 1.81. The summed E-state index contributed by atoms with van der Waals surface area (Å²) in [7, 11) is 0. The van der Waals surface area contributed by atoms with E-state index in [2.05, 4.69) is 15.0 Å². The Morgan fingerprint density at radius 3 is 2.06 bits per heavy atom. The molecule has 0 aliphatic carbocycles. The maximum atomic E-state index is 13.1. The lowest BCUT2D eigenvalue weighted by Gasteiger charge is -2.20. The van der Waals surface area contributed by atoms with Gasteiger partial charge in [0.2, 0.25) is 0 Å². The van der Waals surface area contributed by atoms with Gasteiger partial charge in [0, 0.05) is 11.7 Å². The minimum Gasteiger partial charge on any atom is -0.457 e. The number of benzene rings is 2. The molecule has 0 unspecified atom stereocenters. The molecule has 0 saturated carbocycles. The summed E-state index contributed by atoms with van der Waals surface area (Å²) < 4.78 is 48.0. The van der Waals surface area contributed by atoms with Gasteiger partial charge in [-0.25, -0.2) is 0 Å². The van der Waals surface area contributed by atoms with E-state index in [9.17, 15) is 18.0 Å². The number of nitrogens with zero attached hydrogens (tertiary/aromatic N) is 1. The fourth-order valence-electron chi connectivity index (χ4n) is 2.73. The quantitative estimate of drug-likeness (QED) is 0.343. The van der Waals surface area contributed by atoms with Crippen molar-refractivity contribution in [3.63, 3.8) is 0 Å². The van der Waals surface area contributed by atoms with Gasteiger partial charge >= 0.3 is 6.18 Å². The van der Waals surface area contributed by atoms with Gasteiger partial charge in [-0.05, 0) is 81.2 Å². The lowest BCUT2D eigenvalue weighted by Crippen LogP contribution is -2.32. The third kappa shape index (κ3) is 6.74. The fraction of sp³-hybridized carbons (Fsp3) is 0.250. The number of halogens is 4. The SMILES string of the molecule is Cc1nsc(NC(=O)/C(=C\NC(C)(C)C)c2ccc(Oc3ccc(C(F)(F)F)cc3)cc2)c1Cl. The van der Waals surface area contributed by atoms with E-state index in [1.54, 1.807) is 37.4 Å². The first-order valence-corrected chi connectivity index (χ1v) is 11.4. The number of carbonyl (C=O) groups is 1. The van der Waals surface area contributed by atoms with Crippen molar-refractivity contribution in [2.45, 2.75) is 39.4 Å². The standard InChI is InChI=1S/C24H23ClF3N3O2S/c1-14-20(25)22(34-31-14)30-21(32)19(13-29-23(2,3)4)15-5-9-17(10-6-15)33-18-11-7-16(8-12-18)24(26,27)28/h5-13,29H,1-4H3,(H,30,32)/b19-13-. The average molecular weight is 510 g/mol. The van der Waals surface area contributed by atoms with Crippen molar-refractivity contribution in [3.05, 3.63) is 76.6 Å². The molecular formula is C24H23ClF3N3O2S. The molecule has 1 amide bonds. The summed E-state index contributed by atoms with van der Waals surface area (Å²) in [4.78, 5) is 13.1. The van der Waals surface area contributed by atoms with E-state index in [0.29, 0.717) is 32.6 Å². The maximum absolute atomic E-state index is 13.1. The Kier molecular flexibility index (Phi) is 7.57. The zero-order chi connectivity index (χ0) is 25.1. The molecule has 180 valence electrons. The van der Waals surface area contributed by atoms with E-state index in [1.807, 2.05) is 20.8 Å². The number of amides is 1. The van der Waals surface area contributed by atoms with Gasteiger partial charge in [-0.2, -0.15) is 17.5 Å². The highest BCUT2D eigenvalue weighted by Gasteiger charge is 2.30. The second kappa shape index (κ2) is 10.1. The van der Waals surface area contributed by atoms with Gasteiger partial charge in [0.15, 0.2) is 0 Å². The molecule has 0 spiro atoms. The number of hydrogen-bond donors (Lipinski definition) is 2. The molecular weight excluding hydrogens is 487 g/mol. The van der Waals surface area contributed by atoms with E-state index in [1.165, 1.54) is 12.1 Å². The van der Waals surface area contributed by atoms with Crippen LogP contribution in [0.5, 0.6) is 11.5 Å². The molecule has 0 atom stereocenters. The van der Waals surface area contributed by atoms with Gasteiger partial charge in [-0.3, -0.25) is 4.79 Å². The smallest absolute Gasteiger partial charge is 0.416 e. The van der Waals surface area contributed by atoms with E-state index >= 15 is 0 Å². The molecule has 0 aliphatic rings. The summed E-state index contributed by atoms with van der Waals surface area (Å²) in [6.45, 7) is 7.64. The van der Waals surface area contributed by atoms with Crippen molar-refractivity contribution in [1.29, 1.82) is 0 Å². The monoisotopic (exact) mass is 509 g/mol. The molecule has 1 heterocycles. The van der Waals surface area contributed by atoms with Gasteiger partial charge < -0.3 is 15.4 Å². The summed E-state index contributed by atoms with van der Waals surface area (Å²) in [5.41, 5.74) is 0.559. The Bertz CT molecular complexity index is 1180. The van der Waals surface area contributed by atoms with Crippen molar-refractivity contribution in [2.75, 3.05) is 5.32 Å². The summed E-state index contributed by atoms with van der Waals surface area (Å²) in [6.07, 6.45) is -2.78. The van der Waals surface area contributed by atoms with Gasteiger partial charge in [0.05, 0.1) is 21.9 Å². The van der Waals surface area contributed by atoms with Crippen molar-refractivity contribution in [3.8, 4) is 11.5 Å². The molecule has 1 aromatic heterocycles. The molecule has 3 aromatic rings. The predicted molar refractivity (Wildman–Crippen MR) is 129 cm³/mol. The third-order valence-electron chi connectivity index (χ3n) is 4.49. The lowest BCUT2D eigenvalue weighted by molar-refractivity contribution is -0.137. The summed E-state index contributed by atoms with van der Waals surface area (Å²) >= 11 is 7.30. The molecule has 0 bridgehead atoms. The van der Waals surface area contributed by atoms with Crippen molar-refractivity contribution in [1.82, 2.24) is 9.69 Å². The Hall–Kier alpha value is -3.04. The van der Waals surface area contributed by atoms with Crippen LogP contribution >= 0.6 is 23.1 Å². The van der Waals surface area contributed by atoms with E-state index in [-0.39, 0.29) is 17.2 Å². The predicted octanol–water partition coefficient (Wildman–Crippen LogP) is 7.28. The van der Waals surface area contributed by atoms with Crippen LogP contribution in [0.2, 0.25) is 5.02 Å². The highest BCUT2D eigenvalue weighted by atomic mass is 35.5. The van der Waals surface area contributed by atoms with Gasteiger partial charge in [0.25, 0.3) is 5.91 Å². The first-order valence-electron chi connectivity index (χ1n) is 10.2. The number of carbonyl (C=O) groups excluding carboxylic acids is 1. The number of alkyl halides is 3. The molecule has 2 aromatic carbocycles. The second-order valence-corrected chi connectivity index (χ2v) is 9.62. The van der Waals surface area contributed by atoms with Crippen LogP contribution in [0.4, 0.5) is 18.2 Å². The number of ether oxygens (including phenoxy) is 1. The molecule has 0 saturated heterocycles. The van der Waals surface area contributed by atoms with Crippen LogP contribution in [-0.2, 0) is 11.0 Å². The minimum absolute atomic E-state index is 0.263. The average Bonchev–Trinajstić information content (AvgIpc) is 3.06. The van der Waals surface area contributed by atoms with Crippen LogP contribution in [0.15, 0.2) is 54.7 Å². The highest BCUT2D eigenvalue weighted by Crippen LogP contribution is 2.33. The lowest BCUT2D eigenvalue weighted by atomic mass is 10.0. The van der Waals surface area contributed by atoms with Crippen LogP contribution in [0.3, 0.4) is 0 Å². The van der Waals surface area contributed by atoms with Crippen LogP contribution in [-0.4, -0.2) is 15.8 Å². The van der Waals surface area contributed by atoms with E-state index in [4.69, 9.17) is 16.3 Å². The number of anilines is 1. The molecule has 2 N–H and O–H groups in total. The van der Waals surface area contributed by atoms with Crippen LogP contribution in [0, 0.1) is 6.92 Å². The second-order valence-electron chi connectivity index (χ2n) is 8.47. The first kappa shape index (κ1) is 25.6. The number of aryl methyl sites for hydroxylation is 1. The summed E-state index contributed by atoms with van der Waals surface area (Å²) in [5.74, 6) is 0.297. The van der Waals surface area contributed by atoms with E-state index < -0.39 is 11.7 Å². The Morgan fingerprint density at radius 2 is 1.59 bits per heavy atom. The topological polar surface area (TPSA) is 63.2 Å². The van der Waals surface area contributed by atoms with Crippen LogP contribution in [0.25, 0.3) is 5.57 Å². The van der Waals surface area contributed by atoms with Crippen molar-refractivity contribution < 1.29 is 22.7 Å². The van der Waals surface area contributed by atoms with Gasteiger partial charge in [-0.15, -0.1) is 0 Å². The van der Waals surface area contributed by atoms with E-state index in [0.717, 1.165) is 23.7 Å². The maximum Gasteiger partial charge on any atom is 0.416 e. The minimum atomic E-state index is -4.41. The summed E-state index contributed by atoms with van der Waals surface area (Å²) in [6, 6.07) is 11.1. The normalized spacial score (nSPS) is 12.4. The van der Waals surface area contributed by atoms with Gasteiger partial charge in [0.1, 0.15) is 16.5 Å². The molecule has 0 radical (unpaired) electrons. The number of nitrogens with one attached hydrogen (secondary N) is 2. The highest BCUT2D eigenvalue weighted by molar-refractivity contribution is 7.11. The molecule has 3 rings (SSSR count).